The van der Waals surface area contributed by atoms with Crippen molar-refractivity contribution in [3.63, 3.8) is 0 Å². The fourth-order valence-electron chi connectivity index (χ4n) is 1.89. The van der Waals surface area contributed by atoms with E-state index in [1.165, 1.54) is 0 Å². The highest BCUT2D eigenvalue weighted by Crippen LogP contribution is 2.17. The second-order valence-electron chi connectivity index (χ2n) is 4.59. The van der Waals surface area contributed by atoms with Crippen LogP contribution in [0.4, 0.5) is 5.69 Å². The lowest BCUT2D eigenvalue weighted by atomic mass is 9.99. The van der Waals surface area contributed by atoms with Gasteiger partial charge in [0, 0.05) is 30.9 Å². The van der Waals surface area contributed by atoms with Gasteiger partial charge in [-0.1, -0.05) is 24.3 Å². The molecule has 0 aliphatic rings. The number of aryl methyl sites for hydroxylation is 1. The van der Waals surface area contributed by atoms with Crippen molar-refractivity contribution >= 4 is 11.5 Å². The molecule has 18 heavy (non-hydrogen) atoms. The summed E-state index contributed by atoms with van der Waals surface area (Å²) >= 11 is 0. The van der Waals surface area contributed by atoms with Crippen LogP contribution in [0, 0.1) is 6.92 Å². The molecule has 2 nitrogen and oxygen atoms in total. The molecule has 2 aromatic rings. The monoisotopic (exact) mass is 239 g/mol. The molecule has 0 aromatic heterocycles. The lowest BCUT2D eigenvalue weighted by Gasteiger charge is -2.12. The van der Waals surface area contributed by atoms with E-state index >= 15 is 0 Å². The van der Waals surface area contributed by atoms with E-state index in [0.29, 0.717) is 0 Å². The topological polar surface area (TPSA) is 20.3 Å². The van der Waals surface area contributed by atoms with Crippen molar-refractivity contribution in [2.24, 2.45) is 0 Å². The van der Waals surface area contributed by atoms with Gasteiger partial charge in [0.25, 0.3) is 0 Å². The molecule has 0 spiro atoms. The SMILES string of the molecule is Cc1ccccc1C(=O)c1ccc(N(C)C)cc1. The number of hydrogen-bond acceptors (Lipinski definition) is 2. The van der Waals surface area contributed by atoms with Gasteiger partial charge < -0.3 is 4.90 Å². The van der Waals surface area contributed by atoms with Gasteiger partial charge >= 0.3 is 0 Å². The van der Waals surface area contributed by atoms with Gasteiger partial charge in [0.2, 0.25) is 0 Å². The maximum absolute atomic E-state index is 12.3. The third-order valence-corrected chi connectivity index (χ3v) is 3.04. The Bertz CT molecular complexity index is 556. The fourth-order valence-corrected chi connectivity index (χ4v) is 1.89. The minimum Gasteiger partial charge on any atom is -0.378 e. The number of rotatable bonds is 3. The van der Waals surface area contributed by atoms with Crippen molar-refractivity contribution in [2.75, 3.05) is 19.0 Å². The summed E-state index contributed by atoms with van der Waals surface area (Å²) < 4.78 is 0. The lowest BCUT2D eigenvalue weighted by molar-refractivity contribution is 0.103. The third-order valence-electron chi connectivity index (χ3n) is 3.04. The zero-order valence-electron chi connectivity index (χ0n) is 11.0. The standard InChI is InChI=1S/C16H17NO/c1-12-6-4-5-7-15(12)16(18)13-8-10-14(11-9-13)17(2)3/h4-11H,1-3H3. The summed E-state index contributed by atoms with van der Waals surface area (Å²) in [7, 11) is 3.97. The van der Waals surface area contributed by atoms with Gasteiger partial charge in [0.1, 0.15) is 0 Å². The molecule has 0 bridgehead atoms. The second-order valence-corrected chi connectivity index (χ2v) is 4.59. The Morgan fingerprint density at radius 3 is 2.11 bits per heavy atom. The number of nitrogens with zero attached hydrogens (tertiary/aromatic N) is 1. The van der Waals surface area contributed by atoms with Gasteiger partial charge in [-0.2, -0.15) is 0 Å². The zero-order chi connectivity index (χ0) is 13.1. The normalized spacial score (nSPS) is 10.2. The van der Waals surface area contributed by atoms with Crippen molar-refractivity contribution < 1.29 is 4.79 Å². The van der Waals surface area contributed by atoms with Gasteiger partial charge in [-0.3, -0.25) is 4.79 Å². The lowest BCUT2D eigenvalue weighted by Crippen LogP contribution is -2.09. The Morgan fingerprint density at radius 2 is 1.56 bits per heavy atom. The van der Waals surface area contributed by atoms with Gasteiger partial charge in [0.05, 0.1) is 0 Å². The van der Waals surface area contributed by atoms with Crippen molar-refractivity contribution in [1.82, 2.24) is 0 Å². The Kier molecular flexibility index (Phi) is 3.47. The van der Waals surface area contributed by atoms with E-state index in [-0.39, 0.29) is 5.78 Å². The molecule has 0 radical (unpaired) electrons. The van der Waals surface area contributed by atoms with Crippen LogP contribution >= 0.6 is 0 Å². The Hall–Kier alpha value is -2.09. The van der Waals surface area contributed by atoms with E-state index in [1.54, 1.807) is 0 Å². The van der Waals surface area contributed by atoms with Crippen molar-refractivity contribution in [3.8, 4) is 0 Å². The molecule has 0 saturated carbocycles. The largest absolute Gasteiger partial charge is 0.378 e. The van der Waals surface area contributed by atoms with Crippen molar-refractivity contribution in [3.05, 3.63) is 65.2 Å². The van der Waals surface area contributed by atoms with Crippen LogP contribution in [0.3, 0.4) is 0 Å². The van der Waals surface area contributed by atoms with Crippen LogP contribution in [0.1, 0.15) is 21.5 Å². The summed E-state index contributed by atoms with van der Waals surface area (Å²) in [4.78, 5) is 14.4. The zero-order valence-corrected chi connectivity index (χ0v) is 11.0. The predicted molar refractivity (Wildman–Crippen MR) is 75.4 cm³/mol. The van der Waals surface area contributed by atoms with Crippen molar-refractivity contribution in [1.29, 1.82) is 0 Å². The van der Waals surface area contributed by atoms with E-state index < -0.39 is 0 Å². The minimum absolute atomic E-state index is 0.0819. The third kappa shape index (κ3) is 2.43. The molecule has 0 fully saturated rings. The van der Waals surface area contributed by atoms with Crippen LogP contribution in [0.15, 0.2) is 48.5 Å². The first-order valence-corrected chi connectivity index (χ1v) is 5.97. The molecule has 0 N–H and O–H groups in total. The van der Waals surface area contributed by atoms with Crippen LogP contribution in [-0.2, 0) is 0 Å². The van der Waals surface area contributed by atoms with E-state index in [4.69, 9.17) is 0 Å². The molecular weight excluding hydrogens is 222 g/mol. The van der Waals surface area contributed by atoms with Gasteiger partial charge in [-0.15, -0.1) is 0 Å². The predicted octanol–water partition coefficient (Wildman–Crippen LogP) is 3.29. The van der Waals surface area contributed by atoms with Gasteiger partial charge in [-0.05, 0) is 36.8 Å². The van der Waals surface area contributed by atoms with Crippen molar-refractivity contribution in [2.45, 2.75) is 6.92 Å². The highest BCUT2D eigenvalue weighted by molar-refractivity contribution is 6.10. The maximum Gasteiger partial charge on any atom is 0.193 e. The Morgan fingerprint density at radius 1 is 0.944 bits per heavy atom. The van der Waals surface area contributed by atoms with Crippen LogP contribution in [0.5, 0.6) is 0 Å². The molecule has 0 amide bonds. The molecule has 2 heteroatoms. The minimum atomic E-state index is 0.0819. The molecule has 2 rings (SSSR count). The number of carbonyl (C=O) groups is 1. The smallest absolute Gasteiger partial charge is 0.193 e. The fraction of sp³-hybridized carbons (Fsp3) is 0.188. The Balaban J connectivity index is 2.32. The molecule has 0 aliphatic heterocycles. The molecule has 0 heterocycles. The maximum atomic E-state index is 12.3. The summed E-state index contributed by atoms with van der Waals surface area (Å²) in [6.45, 7) is 1.96. The quantitative estimate of drug-likeness (QED) is 0.766. The summed E-state index contributed by atoms with van der Waals surface area (Å²) in [5, 5.41) is 0. The van der Waals surface area contributed by atoms with E-state index in [2.05, 4.69) is 0 Å². The summed E-state index contributed by atoms with van der Waals surface area (Å²) in [6, 6.07) is 15.4. The van der Waals surface area contributed by atoms with E-state index in [0.717, 1.165) is 22.4 Å². The van der Waals surface area contributed by atoms with Crippen LogP contribution < -0.4 is 4.90 Å². The first kappa shape index (κ1) is 12.4. The molecule has 0 unspecified atom stereocenters. The summed E-state index contributed by atoms with van der Waals surface area (Å²) in [5.74, 6) is 0.0819. The van der Waals surface area contributed by atoms with Crippen LogP contribution in [0.2, 0.25) is 0 Å². The number of ketones is 1. The molecule has 0 aliphatic carbocycles. The molecule has 0 atom stereocenters. The highest BCUT2D eigenvalue weighted by Gasteiger charge is 2.10. The summed E-state index contributed by atoms with van der Waals surface area (Å²) in [5.41, 5.74) is 3.61. The number of benzene rings is 2. The van der Waals surface area contributed by atoms with E-state index in [9.17, 15) is 4.79 Å². The average molecular weight is 239 g/mol. The summed E-state index contributed by atoms with van der Waals surface area (Å²) in [6.07, 6.45) is 0. The van der Waals surface area contributed by atoms with E-state index in [1.807, 2.05) is 74.4 Å². The van der Waals surface area contributed by atoms with Gasteiger partial charge in [0.15, 0.2) is 5.78 Å². The number of hydrogen-bond donors (Lipinski definition) is 0. The molecular formula is C16H17NO. The average Bonchev–Trinajstić information content (AvgIpc) is 2.38. The molecule has 2 aromatic carbocycles. The number of carbonyl (C=O) groups excluding carboxylic acids is 1. The first-order chi connectivity index (χ1) is 8.59. The first-order valence-electron chi connectivity index (χ1n) is 5.97. The van der Waals surface area contributed by atoms with Gasteiger partial charge in [-0.25, -0.2) is 0 Å². The Labute approximate surface area is 108 Å². The number of anilines is 1. The van der Waals surface area contributed by atoms with Crippen LogP contribution in [-0.4, -0.2) is 19.9 Å². The molecule has 0 saturated heterocycles. The highest BCUT2D eigenvalue weighted by atomic mass is 16.1. The van der Waals surface area contributed by atoms with Crippen LogP contribution in [0.25, 0.3) is 0 Å². The second kappa shape index (κ2) is 5.05. The molecule has 92 valence electrons.